The van der Waals surface area contributed by atoms with Crippen LogP contribution in [-0.4, -0.2) is 31.7 Å². The Balaban J connectivity index is 1.53. The summed E-state index contributed by atoms with van der Waals surface area (Å²) in [6.45, 7) is 0.0628. The smallest absolute Gasteiger partial charge is 0.285 e. The maximum absolute atomic E-state index is 12.0. The molecule has 0 aliphatic carbocycles. The minimum Gasteiger partial charge on any atom is -0.354 e. The summed E-state index contributed by atoms with van der Waals surface area (Å²) in [6, 6.07) is 13.7. The number of aromatic nitrogens is 3. The van der Waals surface area contributed by atoms with E-state index in [9.17, 15) is 19.7 Å². The van der Waals surface area contributed by atoms with Crippen molar-refractivity contribution in [2.75, 3.05) is 6.54 Å². The van der Waals surface area contributed by atoms with Crippen LogP contribution >= 0.6 is 0 Å². The highest BCUT2D eigenvalue weighted by Gasteiger charge is 2.10. The van der Waals surface area contributed by atoms with Crippen LogP contribution in [0, 0.1) is 10.1 Å². The Morgan fingerprint density at radius 3 is 2.67 bits per heavy atom. The molecule has 0 spiro atoms. The van der Waals surface area contributed by atoms with Gasteiger partial charge in [-0.25, -0.2) is 4.68 Å². The van der Waals surface area contributed by atoms with Crippen LogP contribution in [0.4, 0.5) is 5.69 Å². The van der Waals surface area contributed by atoms with E-state index in [2.05, 4.69) is 10.4 Å². The molecule has 1 amide bonds. The highest BCUT2D eigenvalue weighted by Crippen LogP contribution is 2.07. The van der Waals surface area contributed by atoms with Crippen molar-refractivity contribution in [1.29, 1.82) is 0 Å². The average molecular weight is 367 g/mol. The third-order valence-electron chi connectivity index (χ3n) is 3.86. The van der Waals surface area contributed by atoms with E-state index in [1.165, 1.54) is 0 Å². The first-order valence-corrected chi connectivity index (χ1v) is 8.24. The van der Waals surface area contributed by atoms with Crippen molar-refractivity contribution in [3.63, 3.8) is 0 Å². The standard InChI is InChI=1S/C18H17N5O4/c24-17(13-21-12-16(23(26)27)6-7-18(21)25)19-10-8-14-9-11-22(20-14)15-4-2-1-3-5-15/h1-7,9,11-12H,8,10,13H2,(H,19,24). The Morgan fingerprint density at radius 2 is 1.93 bits per heavy atom. The lowest BCUT2D eigenvalue weighted by molar-refractivity contribution is -0.385. The van der Waals surface area contributed by atoms with Gasteiger partial charge in [0.1, 0.15) is 6.54 Å². The Hall–Kier alpha value is -3.75. The van der Waals surface area contributed by atoms with Gasteiger partial charge in [0.25, 0.3) is 11.2 Å². The second kappa shape index (κ2) is 8.09. The fourth-order valence-corrected chi connectivity index (χ4v) is 2.51. The van der Waals surface area contributed by atoms with Crippen LogP contribution in [0.5, 0.6) is 0 Å². The summed E-state index contributed by atoms with van der Waals surface area (Å²) in [5.74, 6) is -0.403. The normalized spacial score (nSPS) is 10.5. The molecule has 0 unspecified atom stereocenters. The van der Waals surface area contributed by atoms with E-state index < -0.39 is 16.4 Å². The van der Waals surface area contributed by atoms with Crippen molar-refractivity contribution in [1.82, 2.24) is 19.7 Å². The monoisotopic (exact) mass is 367 g/mol. The van der Waals surface area contributed by atoms with Gasteiger partial charge in [-0.1, -0.05) is 18.2 Å². The summed E-state index contributed by atoms with van der Waals surface area (Å²) in [6.07, 6.45) is 3.42. The summed E-state index contributed by atoms with van der Waals surface area (Å²) >= 11 is 0. The largest absolute Gasteiger partial charge is 0.354 e. The van der Waals surface area contributed by atoms with E-state index in [4.69, 9.17) is 0 Å². The second-order valence-corrected chi connectivity index (χ2v) is 5.80. The second-order valence-electron chi connectivity index (χ2n) is 5.80. The molecule has 0 atom stereocenters. The van der Waals surface area contributed by atoms with Crippen LogP contribution in [0.25, 0.3) is 5.69 Å². The Labute approximate surface area is 154 Å². The molecule has 2 aromatic heterocycles. The molecule has 9 heteroatoms. The number of nitro groups is 1. The molecular weight excluding hydrogens is 350 g/mol. The number of amides is 1. The summed E-state index contributed by atoms with van der Waals surface area (Å²) in [7, 11) is 0. The Kier molecular flexibility index (Phi) is 5.41. The maximum Gasteiger partial charge on any atom is 0.285 e. The van der Waals surface area contributed by atoms with Crippen LogP contribution in [0.1, 0.15) is 5.69 Å². The first kappa shape index (κ1) is 18.1. The number of nitrogens with zero attached hydrogens (tertiary/aromatic N) is 4. The molecular formula is C18H17N5O4. The maximum atomic E-state index is 12.0. The number of nitrogens with one attached hydrogen (secondary N) is 1. The van der Waals surface area contributed by atoms with Crippen molar-refractivity contribution in [2.45, 2.75) is 13.0 Å². The molecule has 0 aliphatic rings. The van der Waals surface area contributed by atoms with Crippen molar-refractivity contribution in [3.05, 3.63) is 87.1 Å². The number of carbonyl (C=O) groups excluding carboxylic acids is 1. The first-order valence-electron chi connectivity index (χ1n) is 8.24. The molecule has 1 aromatic carbocycles. The molecule has 3 aromatic rings. The third-order valence-corrected chi connectivity index (χ3v) is 3.86. The number of benzene rings is 1. The van der Waals surface area contributed by atoms with Gasteiger partial charge in [0.15, 0.2) is 0 Å². The van der Waals surface area contributed by atoms with Crippen molar-refractivity contribution >= 4 is 11.6 Å². The lowest BCUT2D eigenvalue weighted by Gasteiger charge is -2.06. The van der Waals surface area contributed by atoms with E-state index in [0.717, 1.165) is 34.3 Å². The molecule has 1 N–H and O–H groups in total. The van der Waals surface area contributed by atoms with Gasteiger partial charge in [-0.15, -0.1) is 0 Å². The molecule has 2 heterocycles. The first-order chi connectivity index (χ1) is 13.0. The molecule has 0 saturated heterocycles. The van der Waals surface area contributed by atoms with E-state index in [0.29, 0.717) is 13.0 Å². The predicted molar refractivity (Wildman–Crippen MR) is 97.6 cm³/mol. The summed E-state index contributed by atoms with van der Waals surface area (Å²) in [5, 5.41) is 17.9. The van der Waals surface area contributed by atoms with Gasteiger partial charge in [0.2, 0.25) is 5.91 Å². The van der Waals surface area contributed by atoms with Crippen LogP contribution in [-0.2, 0) is 17.8 Å². The van der Waals surface area contributed by atoms with Crippen LogP contribution in [0.2, 0.25) is 0 Å². The van der Waals surface area contributed by atoms with Crippen molar-refractivity contribution in [2.24, 2.45) is 0 Å². The zero-order valence-electron chi connectivity index (χ0n) is 14.3. The van der Waals surface area contributed by atoms with Crippen LogP contribution in [0.3, 0.4) is 0 Å². The fourth-order valence-electron chi connectivity index (χ4n) is 2.51. The topological polar surface area (TPSA) is 112 Å². The SMILES string of the molecule is O=C(Cn1cc([N+](=O)[O-])ccc1=O)NCCc1ccn(-c2ccccc2)n1. The number of hydrogen-bond acceptors (Lipinski definition) is 5. The molecule has 0 saturated carbocycles. The number of para-hydroxylation sites is 1. The lowest BCUT2D eigenvalue weighted by Crippen LogP contribution is -2.33. The Bertz CT molecular complexity index is 1010. The van der Waals surface area contributed by atoms with Gasteiger partial charge in [-0.05, 0) is 18.2 Å². The lowest BCUT2D eigenvalue weighted by atomic mass is 10.3. The van der Waals surface area contributed by atoms with Gasteiger partial charge < -0.3 is 5.32 Å². The zero-order valence-corrected chi connectivity index (χ0v) is 14.3. The van der Waals surface area contributed by atoms with Gasteiger partial charge >= 0.3 is 0 Å². The van der Waals surface area contributed by atoms with E-state index in [1.807, 2.05) is 42.6 Å². The quantitative estimate of drug-likeness (QED) is 0.500. The number of rotatable bonds is 7. The van der Waals surface area contributed by atoms with Crippen LogP contribution in [0.15, 0.2) is 65.7 Å². The summed E-state index contributed by atoms with van der Waals surface area (Å²) in [4.78, 5) is 33.9. The van der Waals surface area contributed by atoms with Gasteiger partial charge in [-0.2, -0.15) is 5.10 Å². The number of carbonyl (C=O) groups is 1. The molecule has 3 rings (SSSR count). The van der Waals surface area contributed by atoms with Crippen molar-refractivity contribution < 1.29 is 9.72 Å². The molecule has 0 radical (unpaired) electrons. The number of hydrogen-bond donors (Lipinski definition) is 1. The van der Waals surface area contributed by atoms with Gasteiger partial charge in [0.05, 0.1) is 22.5 Å². The molecule has 138 valence electrons. The minimum absolute atomic E-state index is 0.242. The zero-order chi connectivity index (χ0) is 19.2. The van der Waals surface area contributed by atoms with Gasteiger partial charge in [-0.3, -0.25) is 24.3 Å². The van der Waals surface area contributed by atoms with E-state index >= 15 is 0 Å². The molecule has 0 aliphatic heterocycles. The predicted octanol–water partition coefficient (Wildman–Crippen LogP) is 1.30. The highest BCUT2D eigenvalue weighted by atomic mass is 16.6. The highest BCUT2D eigenvalue weighted by molar-refractivity contribution is 5.75. The van der Waals surface area contributed by atoms with E-state index in [-0.39, 0.29) is 12.2 Å². The molecule has 27 heavy (non-hydrogen) atoms. The summed E-state index contributed by atoms with van der Waals surface area (Å²) in [5.41, 5.74) is 1.04. The van der Waals surface area contributed by atoms with Crippen molar-refractivity contribution in [3.8, 4) is 5.69 Å². The fraction of sp³-hybridized carbons (Fsp3) is 0.167. The average Bonchev–Trinajstić information content (AvgIpc) is 3.13. The molecule has 9 nitrogen and oxygen atoms in total. The van der Waals surface area contributed by atoms with Crippen LogP contribution < -0.4 is 10.9 Å². The van der Waals surface area contributed by atoms with E-state index in [1.54, 1.807) is 4.68 Å². The third kappa shape index (κ3) is 4.66. The van der Waals surface area contributed by atoms with Gasteiger partial charge in [0, 0.05) is 31.3 Å². The Morgan fingerprint density at radius 1 is 1.15 bits per heavy atom. The minimum atomic E-state index is -0.614. The molecule has 0 bridgehead atoms. The number of pyridine rings is 1. The molecule has 0 fully saturated rings. The summed E-state index contributed by atoms with van der Waals surface area (Å²) < 4.78 is 2.76.